The molecule has 4 heteroatoms. The van der Waals surface area contributed by atoms with Crippen LogP contribution in [0.4, 0.5) is 0 Å². The summed E-state index contributed by atoms with van der Waals surface area (Å²) in [6.07, 6.45) is 2.63. The highest BCUT2D eigenvalue weighted by molar-refractivity contribution is 5.87. The Kier molecular flexibility index (Phi) is 6.77. The van der Waals surface area contributed by atoms with Crippen LogP contribution in [0.1, 0.15) is 40.0 Å². The fourth-order valence-corrected chi connectivity index (χ4v) is 1.66. The fraction of sp³-hybridized carbons (Fsp3) is 0.833. The van der Waals surface area contributed by atoms with Gasteiger partial charge in [-0.15, -0.1) is 0 Å². The molecule has 0 heterocycles. The van der Waals surface area contributed by atoms with E-state index in [9.17, 15) is 9.59 Å². The molecule has 0 saturated carbocycles. The molecule has 2 unspecified atom stereocenters. The molecule has 2 atom stereocenters. The lowest BCUT2D eigenvalue weighted by Gasteiger charge is -2.19. The van der Waals surface area contributed by atoms with Crippen LogP contribution >= 0.6 is 0 Å². The maximum atomic E-state index is 11.6. The van der Waals surface area contributed by atoms with E-state index >= 15 is 0 Å². The molecular formula is C12H24N2O2. The number of likely N-dealkylation sites (N-methyl/N-ethyl adjacent to an activating group) is 1. The third-order valence-corrected chi connectivity index (χ3v) is 2.50. The Bertz CT molecular complexity index is 239. The second-order valence-electron chi connectivity index (χ2n) is 4.62. The minimum absolute atomic E-state index is 0.0383. The van der Waals surface area contributed by atoms with Gasteiger partial charge in [0.25, 0.3) is 0 Å². The second kappa shape index (κ2) is 7.25. The third kappa shape index (κ3) is 5.73. The molecule has 0 aromatic carbocycles. The van der Waals surface area contributed by atoms with E-state index in [0.29, 0.717) is 12.3 Å². The van der Waals surface area contributed by atoms with Crippen molar-refractivity contribution in [3.05, 3.63) is 0 Å². The molecule has 0 aliphatic carbocycles. The molecule has 0 aliphatic rings. The zero-order valence-electron chi connectivity index (χ0n) is 11.0. The molecular weight excluding hydrogens is 204 g/mol. The van der Waals surface area contributed by atoms with Crippen LogP contribution in [0, 0.1) is 5.92 Å². The van der Waals surface area contributed by atoms with Crippen molar-refractivity contribution < 1.29 is 9.59 Å². The molecule has 2 amide bonds. The van der Waals surface area contributed by atoms with Crippen molar-refractivity contribution in [2.45, 2.75) is 46.1 Å². The van der Waals surface area contributed by atoms with Crippen LogP contribution in [0.25, 0.3) is 0 Å². The lowest BCUT2D eigenvalue weighted by Crippen LogP contribution is -2.44. The van der Waals surface area contributed by atoms with E-state index in [-0.39, 0.29) is 11.8 Å². The number of carbonyl (C=O) groups is 2. The van der Waals surface area contributed by atoms with Crippen LogP contribution in [0.15, 0.2) is 0 Å². The van der Waals surface area contributed by atoms with E-state index in [2.05, 4.69) is 19.2 Å². The number of nitrogens with one attached hydrogen (secondary N) is 1. The summed E-state index contributed by atoms with van der Waals surface area (Å²) in [5.74, 6) is 0.270. The maximum absolute atomic E-state index is 11.6. The van der Waals surface area contributed by atoms with Crippen molar-refractivity contribution in [3.8, 4) is 0 Å². The number of amides is 2. The first-order chi connectivity index (χ1) is 7.38. The standard InChI is InChI=1S/C12H24N2O2/c1-6-7-9(2)8-11(15)13-10(3)12(16)14(4)5/h9-10H,6-8H2,1-5H3,(H,13,15). The highest BCUT2D eigenvalue weighted by Crippen LogP contribution is 2.09. The SMILES string of the molecule is CCCC(C)CC(=O)NC(C)C(=O)N(C)C. The van der Waals surface area contributed by atoms with Crippen molar-refractivity contribution >= 4 is 11.8 Å². The lowest BCUT2D eigenvalue weighted by atomic mass is 10.0. The third-order valence-electron chi connectivity index (χ3n) is 2.50. The van der Waals surface area contributed by atoms with Gasteiger partial charge >= 0.3 is 0 Å². The van der Waals surface area contributed by atoms with Crippen molar-refractivity contribution in [2.24, 2.45) is 5.92 Å². The lowest BCUT2D eigenvalue weighted by molar-refractivity contribution is -0.134. The van der Waals surface area contributed by atoms with Crippen LogP contribution < -0.4 is 5.32 Å². The molecule has 4 nitrogen and oxygen atoms in total. The normalized spacial score (nSPS) is 14.1. The topological polar surface area (TPSA) is 49.4 Å². The van der Waals surface area contributed by atoms with Gasteiger partial charge in [-0.1, -0.05) is 26.7 Å². The van der Waals surface area contributed by atoms with E-state index in [1.165, 1.54) is 4.90 Å². The Balaban J connectivity index is 4.00. The quantitative estimate of drug-likeness (QED) is 0.747. The fourth-order valence-electron chi connectivity index (χ4n) is 1.66. The summed E-state index contributed by atoms with van der Waals surface area (Å²) in [4.78, 5) is 24.6. The molecule has 0 aliphatic heterocycles. The number of hydrogen-bond acceptors (Lipinski definition) is 2. The van der Waals surface area contributed by atoms with Gasteiger partial charge in [-0.3, -0.25) is 9.59 Å². The van der Waals surface area contributed by atoms with E-state index in [0.717, 1.165) is 12.8 Å². The Hall–Kier alpha value is -1.06. The van der Waals surface area contributed by atoms with Crippen molar-refractivity contribution in [3.63, 3.8) is 0 Å². The molecule has 0 radical (unpaired) electrons. The van der Waals surface area contributed by atoms with Gasteiger partial charge in [0, 0.05) is 20.5 Å². The Morgan fingerprint density at radius 1 is 1.25 bits per heavy atom. The summed E-state index contributed by atoms with van der Waals surface area (Å²) in [6.45, 7) is 5.87. The van der Waals surface area contributed by atoms with Crippen LogP contribution in [0.2, 0.25) is 0 Å². The van der Waals surface area contributed by atoms with Gasteiger partial charge in [0.05, 0.1) is 0 Å². The predicted octanol–water partition coefficient (Wildman–Crippen LogP) is 1.41. The van der Waals surface area contributed by atoms with Gasteiger partial charge in [-0.05, 0) is 12.8 Å². The molecule has 0 spiro atoms. The Morgan fingerprint density at radius 3 is 2.25 bits per heavy atom. The van der Waals surface area contributed by atoms with Gasteiger partial charge in [-0.2, -0.15) is 0 Å². The Morgan fingerprint density at radius 2 is 1.81 bits per heavy atom. The zero-order chi connectivity index (χ0) is 12.7. The largest absolute Gasteiger partial charge is 0.347 e. The van der Waals surface area contributed by atoms with E-state index in [4.69, 9.17) is 0 Å². The summed E-state index contributed by atoms with van der Waals surface area (Å²) in [5, 5.41) is 2.72. The minimum atomic E-state index is -0.434. The molecule has 0 saturated heterocycles. The minimum Gasteiger partial charge on any atom is -0.347 e. The first-order valence-corrected chi connectivity index (χ1v) is 5.89. The smallest absolute Gasteiger partial charge is 0.244 e. The number of carbonyl (C=O) groups excluding carboxylic acids is 2. The van der Waals surface area contributed by atoms with Crippen molar-refractivity contribution in [2.75, 3.05) is 14.1 Å². The summed E-state index contributed by atoms with van der Waals surface area (Å²) in [7, 11) is 3.37. The predicted molar refractivity (Wildman–Crippen MR) is 65.0 cm³/mol. The molecule has 0 aromatic rings. The monoisotopic (exact) mass is 228 g/mol. The second-order valence-corrected chi connectivity index (χ2v) is 4.62. The molecule has 0 rings (SSSR count). The Labute approximate surface area is 98.4 Å². The maximum Gasteiger partial charge on any atom is 0.244 e. The average Bonchev–Trinajstić information content (AvgIpc) is 2.16. The highest BCUT2D eigenvalue weighted by atomic mass is 16.2. The summed E-state index contributed by atoms with van der Waals surface area (Å²) in [5.41, 5.74) is 0. The van der Waals surface area contributed by atoms with Crippen molar-refractivity contribution in [1.82, 2.24) is 10.2 Å². The zero-order valence-corrected chi connectivity index (χ0v) is 11.0. The van der Waals surface area contributed by atoms with E-state index in [1.54, 1.807) is 21.0 Å². The van der Waals surface area contributed by atoms with Gasteiger partial charge in [0.1, 0.15) is 6.04 Å². The molecule has 1 N–H and O–H groups in total. The van der Waals surface area contributed by atoms with Gasteiger partial charge in [-0.25, -0.2) is 0 Å². The van der Waals surface area contributed by atoms with Gasteiger partial charge in [0.2, 0.25) is 11.8 Å². The molecule has 0 bridgehead atoms. The number of hydrogen-bond donors (Lipinski definition) is 1. The van der Waals surface area contributed by atoms with Gasteiger partial charge < -0.3 is 10.2 Å². The van der Waals surface area contributed by atoms with Crippen LogP contribution in [-0.2, 0) is 9.59 Å². The molecule has 16 heavy (non-hydrogen) atoms. The number of nitrogens with zero attached hydrogens (tertiary/aromatic N) is 1. The van der Waals surface area contributed by atoms with Crippen LogP contribution in [0.3, 0.4) is 0 Å². The summed E-state index contributed by atoms with van der Waals surface area (Å²) in [6, 6.07) is -0.434. The number of rotatable bonds is 6. The summed E-state index contributed by atoms with van der Waals surface area (Å²) >= 11 is 0. The molecule has 94 valence electrons. The molecule has 0 fully saturated rings. The first-order valence-electron chi connectivity index (χ1n) is 5.89. The molecule has 0 aromatic heterocycles. The average molecular weight is 228 g/mol. The van der Waals surface area contributed by atoms with Gasteiger partial charge in [0.15, 0.2) is 0 Å². The van der Waals surface area contributed by atoms with Crippen LogP contribution in [-0.4, -0.2) is 36.9 Å². The summed E-state index contributed by atoms with van der Waals surface area (Å²) < 4.78 is 0. The van der Waals surface area contributed by atoms with Crippen molar-refractivity contribution in [1.29, 1.82) is 0 Å². The van der Waals surface area contributed by atoms with Crippen LogP contribution in [0.5, 0.6) is 0 Å². The van der Waals surface area contributed by atoms with E-state index < -0.39 is 6.04 Å². The first kappa shape index (κ1) is 14.9. The van der Waals surface area contributed by atoms with E-state index in [1.807, 2.05) is 0 Å². The highest BCUT2D eigenvalue weighted by Gasteiger charge is 2.17.